The Morgan fingerprint density at radius 1 is 1.20 bits per heavy atom. The van der Waals surface area contributed by atoms with Crippen LogP contribution < -0.4 is 0 Å². The van der Waals surface area contributed by atoms with Crippen molar-refractivity contribution in [3.8, 4) is 0 Å². The molecule has 0 aliphatic carbocycles. The number of fused-ring (bicyclic) bond motifs is 1. The van der Waals surface area contributed by atoms with E-state index in [1.807, 2.05) is 30.3 Å². The molecule has 0 saturated heterocycles. The third kappa shape index (κ3) is 2.50. The van der Waals surface area contributed by atoms with Gasteiger partial charge in [-0.05, 0) is 12.1 Å². The van der Waals surface area contributed by atoms with E-state index in [0.29, 0.717) is 0 Å². The summed E-state index contributed by atoms with van der Waals surface area (Å²) >= 11 is 0. The van der Waals surface area contributed by atoms with Gasteiger partial charge >= 0.3 is 0 Å². The van der Waals surface area contributed by atoms with Gasteiger partial charge in [0.15, 0.2) is 0 Å². The molecular formula is C12H13NOS. The van der Waals surface area contributed by atoms with Gasteiger partial charge in [0.1, 0.15) is 0 Å². The van der Waals surface area contributed by atoms with Crippen LogP contribution in [-0.2, 0) is 10.8 Å². The molecule has 0 fully saturated rings. The van der Waals surface area contributed by atoms with Gasteiger partial charge < -0.3 is 0 Å². The highest BCUT2D eigenvalue weighted by atomic mass is 32.2. The fourth-order valence-corrected chi connectivity index (χ4v) is 2.02. The molecule has 2 rings (SSSR count). The largest absolute Gasteiger partial charge is 0.255 e. The maximum Gasteiger partial charge on any atom is 0.0863 e. The summed E-state index contributed by atoms with van der Waals surface area (Å²) < 4.78 is 11.3. The smallest absolute Gasteiger partial charge is 0.0863 e. The summed E-state index contributed by atoms with van der Waals surface area (Å²) in [6, 6.07) is 9.58. The van der Waals surface area contributed by atoms with Crippen molar-refractivity contribution < 1.29 is 4.21 Å². The second-order valence-electron chi connectivity index (χ2n) is 2.79. The van der Waals surface area contributed by atoms with Crippen LogP contribution in [0.25, 0.3) is 10.9 Å². The lowest BCUT2D eigenvalue weighted by atomic mass is 10.2. The van der Waals surface area contributed by atoms with E-state index in [1.54, 1.807) is 12.5 Å². The van der Waals surface area contributed by atoms with Gasteiger partial charge in [-0.25, -0.2) is 0 Å². The van der Waals surface area contributed by atoms with Crippen molar-refractivity contribution in [1.29, 1.82) is 0 Å². The highest BCUT2D eigenvalue weighted by Crippen LogP contribution is 2.17. The molecule has 1 aromatic heterocycles. The van der Waals surface area contributed by atoms with Gasteiger partial charge in [0.05, 0.1) is 21.2 Å². The minimum atomic E-state index is -0.966. The minimum absolute atomic E-state index is 0.804. The van der Waals surface area contributed by atoms with Crippen molar-refractivity contribution in [2.24, 2.45) is 0 Å². The first-order valence-corrected chi connectivity index (χ1v) is 6.02. The Labute approximate surface area is 92.1 Å². The minimum Gasteiger partial charge on any atom is -0.255 e. The van der Waals surface area contributed by atoms with Crippen LogP contribution in [0.1, 0.15) is 0 Å². The molecule has 0 radical (unpaired) electrons. The lowest BCUT2D eigenvalue weighted by Crippen LogP contribution is -1.90. The van der Waals surface area contributed by atoms with E-state index in [9.17, 15) is 4.21 Å². The van der Waals surface area contributed by atoms with E-state index in [-0.39, 0.29) is 0 Å². The second-order valence-corrected chi connectivity index (χ2v) is 4.13. The second kappa shape index (κ2) is 5.41. The molecule has 2 aromatic rings. The van der Waals surface area contributed by atoms with Gasteiger partial charge in [0, 0.05) is 17.8 Å². The number of para-hydroxylation sites is 1. The number of nitrogens with zero attached hydrogens (tertiary/aromatic N) is 1. The van der Waals surface area contributed by atoms with Gasteiger partial charge in [-0.2, -0.15) is 0 Å². The zero-order chi connectivity index (χ0) is 11.3. The topological polar surface area (TPSA) is 30.0 Å². The van der Waals surface area contributed by atoms with Crippen molar-refractivity contribution in [3.63, 3.8) is 0 Å². The monoisotopic (exact) mass is 219 g/mol. The molecule has 1 heterocycles. The Hall–Kier alpha value is -1.48. The van der Waals surface area contributed by atoms with Gasteiger partial charge in [0.2, 0.25) is 0 Å². The van der Waals surface area contributed by atoms with Crippen LogP contribution in [0.5, 0.6) is 0 Å². The van der Waals surface area contributed by atoms with E-state index in [4.69, 9.17) is 0 Å². The first-order chi connectivity index (χ1) is 7.29. The molecule has 3 heteroatoms. The van der Waals surface area contributed by atoms with E-state index < -0.39 is 10.8 Å². The average Bonchev–Trinajstić information content (AvgIpc) is 2.31. The average molecular weight is 219 g/mol. The van der Waals surface area contributed by atoms with Crippen molar-refractivity contribution in [2.45, 2.75) is 4.90 Å². The van der Waals surface area contributed by atoms with Crippen molar-refractivity contribution >= 4 is 21.7 Å². The molecule has 0 aliphatic rings. The molecular weight excluding hydrogens is 206 g/mol. The fraction of sp³-hybridized carbons (Fsp3) is 0.0833. The SMILES string of the molecule is C=C.CS(=O)c1cccc2cccnc12. The summed E-state index contributed by atoms with van der Waals surface area (Å²) in [5.41, 5.74) is 0.839. The summed E-state index contributed by atoms with van der Waals surface area (Å²) in [6.45, 7) is 6.00. The number of aromatic nitrogens is 1. The summed E-state index contributed by atoms with van der Waals surface area (Å²) in [4.78, 5) is 5.01. The van der Waals surface area contributed by atoms with Crippen molar-refractivity contribution in [2.75, 3.05) is 6.26 Å². The Morgan fingerprint density at radius 2 is 1.87 bits per heavy atom. The maximum atomic E-state index is 11.3. The van der Waals surface area contributed by atoms with Gasteiger partial charge in [-0.3, -0.25) is 9.19 Å². The van der Waals surface area contributed by atoms with Gasteiger partial charge in [-0.1, -0.05) is 18.2 Å². The van der Waals surface area contributed by atoms with E-state index in [0.717, 1.165) is 15.8 Å². The third-order valence-electron chi connectivity index (χ3n) is 1.91. The molecule has 1 atom stereocenters. The molecule has 0 spiro atoms. The first-order valence-electron chi connectivity index (χ1n) is 4.46. The van der Waals surface area contributed by atoms with Crippen LogP contribution in [-0.4, -0.2) is 15.4 Å². The lowest BCUT2D eigenvalue weighted by Gasteiger charge is -2.00. The molecule has 0 bridgehead atoms. The zero-order valence-corrected chi connectivity index (χ0v) is 9.46. The summed E-state index contributed by atoms with van der Waals surface area (Å²) in [5, 5.41) is 1.04. The standard InChI is InChI=1S/C10H9NOS.C2H4/c1-13(12)9-6-2-4-8-5-3-7-11-10(8)9;1-2/h2-7H,1H3;1-2H2. The number of pyridine rings is 1. The van der Waals surface area contributed by atoms with Crippen LogP contribution in [0.4, 0.5) is 0 Å². The molecule has 1 aromatic carbocycles. The normalized spacial score (nSPS) is 11.5. The molecule has 0 N–H and O–H groups in total. The number of hydrogen-bond donors (Lipinski definition) is 0. The van der Waals surface area contributed by atoms with Crippen LogP contribution in [0.2, 0.25) is 0 Å². The predicted molar refractivity (Wildman–Crippen MR) is 65.3 cm³/mol. The number of hydrogen-bond acceptors (Lipinski definition) is 2. The molecule has 0 saturated carbocycles. The highest BCUT2D eigenvalue weighted by Gasteiger charge is 2.03. The maximum absolute atomic E-state index is 11.3. The van der Waals surface area contributed by atoms with Crippen LogP contribution in [0.3, 0.4) is 0 Å². The summed E-state index contributed by atoms with van der Waals surface area (Å²) in [7, 11) is -0.966. The van der Waals surface area contributed by atoms with Crippen LogP contribution >= 0.6 is 0 Å². The molecule has 0 aliphatic heterocycles. The molecule has 1 unspecified atom stereocenters. The Morgan fingerprint density at radius 3 is 2.53 bits per heavy atom. The Balaban J connectivity index is 0.000000531. The summed E-state index contributed by atoms with van der Waals surface area (Å²) in [5.74, 6) is 0. The van der Waals surface area contributed by atoms with Crippen LogP contribution in [0, 0.1) is 0 Å². The molecule has 78 valence electrons. The molecule has 15 heavy (non-hydrogen) atoms. The van der Waals surface area contributed by atoms with Gasteiger partial charge in [-0.15, -0.1) is 13.2 Å². The fourth-order valence-electron chi connectivity index (χ4n) is 1.31. The number of benzene rings is 1. The zero-order valence-electron chi connectivity index (χ0n) is 8.64. The van der Waals surface area contributed by atoms with Crippen molar-refractivity contribution in [3.05, 3.63) is 49.7 Å². The number of rotatable bonds is 1. The van der Waals surface area contributed by atoms with Crippen molar-refractivity contribution in [1.82, 2.24) is 4.98 Å². The predicted octanol–water partition coefficient (Wildman–Crippen LogP) is 2.77. The third-order valence-corrected chi connectivity index (χ3v) is 2.85. The van der Waals surface area contributed by atoms with E-state index in [2.05, 4.69) is 18.1 Å². The van der Waals surface area contributed by atoms with E-state index >= 15 is 0 Å². The Kier molecular flexibility index (Phi) is 4.18. The highest BCUT2D eigenvalue weighted by molar-refractivity contribution is 7.84. The van der Waals surface area contributed by atoms with Crippen LogP contribution in [0.15, 0.2) is 54.6 Å². The molecule has 2 nitrogen and oxygen atoms in total. The Bertz CT molecular complexity index is 477. The quantitative estimate of drug-likeness (QED) is 0.690. The molecule has 0 amide bonds. The first kappa shape index (κ1) is 11.6. The summed E-state index contributed by atoms with van der Waals surface area (Å²) in [6.07, 6.45) is 3.39. The van der Waals surface area contributed by atoms with Gasteiger partial charge in [0.25, 0.3) is 0 Å². The lowest BCUT2D eigenvalue weighted by molar-refractivity contribution is 0.687. The van der Waals surface area contributed by atoms with E-state index in [1.165, 1.54) is 0 Å².